The molecule has 1 amide bonds. The Labute approximate surface area is 131 Å². The molecular formula is C18H22N2O2. The first-order valence-electron chi connectivity index (χ1n) is 7.53. The van der Waals surface area contributed by atoms with Gasteiger partial charge in [0.15, 0.2) is 5.78 Å². The van der Waals surface area contributed by atoms with Crippen molar-refractivity contribution in [2.24, 2.45) is 0 Å². The van der Waals surface area contributed by atoms with E-state index in [1.54, 1.807) is 12.2 Å². The number of hydrogen-bond donors (Lipinski definition) is 1. The first kappa shape index (κ1) is 16.0. The zero-order chi connectivity index (χ0) is 15.9. The summed E-state index contributed by atoms with van der Waals surface area (Å²) in [7, 11) is 0. The number of nitrogens with two attached hydrogens (primary N) is 1. The maximum absolute atomic E-state index is 12.3. The fourth-order valence-corrected chi connectivity index (χ4v) is 2.45. The Bertz CT molecular complexity index is 590. The van der Waals surface area contributed by atoms with Crippen LogP contribution in [0.2, 0.25) is 0 Å². The Morgan fingerprint density at radius 1 is 1.18 bits per heavy atom. The smallest absolute Gasteiger partial charge is 0.227 e. The third-order valence-electron chi connectivity index (χ3n) is 3.76. The molecule has 1 saturated heterocycles. The number of likely N-dealkylation sites (tertiary alicyclic amines) is 1. The molecule has 0 aromatic heterocycles. The number of rotatable bonds is 4. The van der Waals surface area contributed by atoms with Gasteiger partial charge in [0.25, 0.3) is 0 Å². The molecule has 1 heterocycles. The fourth-order valence-electron chi connectivity index (χ4n) is 2.45. The number of amides is 1. The SMILES string of the molecule is CC(=O)/C=C/C=C1CCN(C(=O)Cc2ccc(N)cc2)CC1. The highest BCUT2D eigenvalue weighted by Crippen LogP contribution is 2.17. The second-order valence-electron chi connectivity index (χ2n) is 5.59. The van der Waals surface area contributed by atoms with Crippen molar-refractivity contribution in [2.75, 3.05) is 18.8 Å². The standard InChI is InChI=1S/C18H22N2O2/c1-14(21)3-2-4-15-9-11-20(12-10-15)18(22)13-16-5-7-17(19)8-6-16/h2-8H,9-13,19H2,1H3/b3-2+. The number of benzene rings is 1. The largest absolute Gasteiger partial charge is 0.399 e. The summed E-state index contributed by atoms with van der Waals surface area (Å²) in [6.07, 6.45) is 7.51. The molecule has 1 fully saturated rings. The summed E-state index contributed by atoms with van der Waals surface area (Å²) in [5.41, 5.74) is 8.63. The van der Waals surface area contributed by atoms with Gasteiger partial charge in [-0.2, -0.15) is 0 Å². The van der Waals surface area contributed by atoms with Crippen LogP contribution in [0, 0.1) is 0 Å². The lowest BCUT2D eigenvalue weighted by Crippen LogP contribution is -2.37. The van der Waals surface area contributed by atoms with Crippen LogP contribution in [0.5, 0.6) is 0 Å². The van der Waals surface area contributed by atoms with Crippen molar-refractivity contribution >= 4 is 17.4 Å². The molecule has 1 aliphatic rings. The van der Waals surface area contributed by atoms with E-state index in [-0.39, 0.29) is 11.7 Å². The minimum absolute atomic E-state index is 0.0490. The number of piperidine rings is 1. The molecule has 4 heteroatoms. The second kappa shape index (κ2) is 7.59. The quantitative estimate of drug-likeness (QED) is 0.686. The van der Waals surface area contributed by atoms with Crippen molar-refractivity contribution in [3.8, 4) is 0 Å². The molecule has 0 radical (unpaired) electrons. The van der Waals surface area contributed by atoms with Crippen LogP contribution in [0.4, 0.5) is 5.69 Å². The Morgan fingerprint density at radius 2 is 1.82 bits per heavy atom. The number of carbonyl (C=O) groups excluding carboxylic acids is 2. The molecule has 2 N–H and O–H groups in total. The van der Waals surface area contributed by atoms with Crippen LogP contribution in [0.3, 0.4) is 0 Å². The maximum atomic E-state index is 12.3. The van der Waals surface area contributed by atoms with Gasteiger partial charge < -0.3 is 10.6 Å². The lowest BCUT2D eigenvalue weighted by Gasteiger charge is -2.28. The van der Waals surface area contributed by atoms with E-state index in [4.69, 9.17) is 5.73 Å². The van der Waals surface area contributed by atoms with Crippen LogP contribution >= 0.6 is 0 Å². The van der Waals surface area contributed by atoms with Crippen LogP contribution in [0.25, 0.3) is 0 Å². The Balaban J connectivity index is 1.84. The minimum atomic E-state index is 0.0490. The van der Waals surface area contributed by atoms with Crippen molar-refractivity contribution in [2.45, 2.75) is 26.2 Å². The van der Waals surface area contributed by atoms with Gasteiger partial charge in [0.2, 0.25) is 5.91 Å². The van der Waals surface area contributed by atoms with Crippen molar-refractivity contribution in [3.05, 3.63) is 53.6 Å². The molecule has 0 atom stereocenters. The number of ketones is 1. The van der Waals surface area contributed by atoms with Gasteiger partial charge in [-0.25, -0.2) is 0 Å². The first-order chi connectivity index (χ1) is 10.5. The summed E-state index contributed by atoms with van der Waals surface area (Å²) in [5.74, 6) is 0.205. The van der Waals surface area contributed by atoms with Crippen molar-refractivity contribution in [3.63, 3.8) is 0 Å². The summed E-state index contributed by atoms with van der Waals surface area (Å²) < 4.78 is 0. The fraction of sp³-hybridized carbons (Fsp3) is 0.333. The van der Waals surface area contributed by atoms with E-state index >= 15 is 0 Å². The summed E-state index contributed by atoms with van der Waals surface area (Å²) in [4.78, 5) is 25.0. The molecule has 2 rings (SSSR count). The predicted molar refractivity (Wildman–Crippen MR) is 88.3 cm³/mol. The third-order valence-corrected chi connectivity index (χ3v) is 3.76. The van der Waals surface area contributed by atoms with Crippen LogP contribution in [-0.2, 0) is 16.0 Å². The van der Waals surface area contributed by atoms with Crippen LogP contribution in [0.1, 0.15) is 25.3 Å². The molecule has 4 nitrogen and oxygen atoms in total. The lowest BCUT2D eigenvalue weighted by molar-refractivity contribution is -0.130. The van der Waals surface area contributed by atoms with Gasteiger partial charge in [-0.05, 0) is 43.5 Å². The molecule has 1 aliphatic heterocycles. The van der Waals surface area contributed by atoms with E-state index < -0.39 is 0 Å². The average Bonchev–Trinajstić information content (AvgIpc) is 2.50. The highest BCUT2D eigenvalue weighted by Gasteiger charge is 2.18. The maximum Gasteiger partial charge on any atom is 0.227 e. The van der Waals surface area contributed by atoms with Gasteiger partial charge in [-0.1, -0.05) is 29.9 Å². The van der Waals surface area contributed by atoms with E-state index in [1.807, 2.05) is 35.2 Å². The summed E-state index contributed by atoms with van der Waals surface area (Å²) in [5, 5.41) is 0. The molecular weight excluding hydrogens is 276 g/mol. The van der Waals surface area contributed by atoms with Crippen molar-refractivity contribution in [1.82, 2.24) is 4.90 Å². The summed E-state index contributed by atoms with van der Waals surface area (Å²) >= 11 is 0. The molecule has 0 unspecified atom stereocenters. The third kappa shape index (κ3) is 4.88. The molecule has 0 saturated carbocycles. The number of nitrogens with zero attached hydrogens (tertiary/aromatic N) is 1. The highest BCUT2D eigenvalue weighted by molar-refractivity contribution is 5.87. The zero-order valence-corrected chi connectivity index (χ0v) is 12.9. The van der Waals surface area contributed by atoms with Crippen LogP contribution < -0.4 is 5.73 Å². The van der Waals surface area contributed by atoms with Gasteiger partial charge in [-0.15, -0.1) is 0 Å². The normalized spacial score (nSPS) is 15.1. The molecule has 1 aromatic rings. The van der Waals surface area contributed by atoms with Gasteiger partial charge in [0.1, 0.15) is 0 Å². The number of anilines is 1. The Morgan fingerprint density at radius 3 is 2.41 bits per heavy atom. The van der Waals surface area contributed by atoms with Crippen molar-refractivity contribution in [1.29, 1.82) is 0 Å². The van der Waals surface area contributed by atoms with Gasteiger partial charge >= 0.3 is 0 Å². The predicted octanol–water partition coefficient (Wildman–Crippen LogP) is 2.51. The molecule has 0 spiro atoms. The number of nitrogen functional groups attached to an aromatic ring is 1. The van der Waals surface area contributed by atoms with E-state index in [0.717, 1.165) is 31.5 Å². The molecule has 0 aliphatic carbocycles. The van der Waals surface area contributed by atoms with Crippen molar-refractivity contribution < 1.29 is 9.59 Å². The lowest BCUT2D eigenvalue weighted by atomic mass is 10.0. The topological polar surface area (TPSA) is 63.4 Å². The molecule has 1 aromatic carbocycles. The number of allylic oxidation sites excluding steroid dienone is 3. The average molecular weight is 298 g/mol. The number of hydrogen-bond acceptors (Lipinski definition) is 3. The zero-order valence-electron chi connectivity index (χ0n) is 12.9. The first-order valence-corrected chi connectivity index (χ1v) is 7.53. The van der Waals surface area contributed by atoms with E-state index in [1.165, 1.54) is 12.5 Å². The summed E-state index contributed by atoms with van der Waals surface area (Å²) in [6.45, 7) is 3.02. The molecule has 22 heavy (non-hydrogen) atoms. The molecule has 0 bridgehead atoms. The van der Waals surface area contributed by atoms with Gasteiger partial charge in [0.05, 0.1) is 6.42 Å². The Kier molecular flexibility index (Phi) is 5.53. The van der Waals surface area contributed by atoms with Gasteiger partial charge in [-0.3, -0.25) is 9.59 Å². The second-order valence-corrected chi connectivity index (χ2v) is 5.59. The van der Waals surface area contributed by atoms with Crippen LogP contribution in [0.15, 0.2) is 48.1 Å². The van der Waals surface area contributed by atoms with E-state index in [2.05, 4.69) is 0 Å². The monoisotopic (exact) mass is 298 g/mol. The molecule has 116 valence electrons. The van der Waals surface area contributed by atoms with Crippen LogP contribution in [-0.4, -0.2) is 29.7 Å². The van der Waals surface area contributed by atoms with E-state index in [0.29, 0.717) is 12.1 Å². The number of carbonyl (C=O) groups is 2. The highest BCUT2D eigenvalue weighted by atomic mass is 16.2. The summed E-state index contributed by atoms with van der Waals surface area (Å²) in [6, 6.07) is 7.44. The van der Waals surface area contributed by atoms with E-state index in [9.17, 15) is 9.59 Å². The van der Waals surface area contributed by atoms with Gasteiger partial charge in [0, 0.05) is 18.8 Å². The Hall–Kier alpha value is -2.36. The minimum Gasteiger partial charge on any atom is -0.399 e.